The van der Waals surface area contributed by atoms with Crippen LogP contribution in [0.25, 0.3) is 11.1 Å². The zero-order valence-corrected chi connectivity index (χ0v) is 12.2. The molecule has 3 aromatic rings. The number of benzene rings is 2. The first-order valence-electron chi connectivity index (χ1n) is 6.82. The Balaban J connectivity index is 1.86. The van der Waals surface area contributed by atoms with Gasteiger partial charge in [-0.3, -0.25) is 9.59 Å². The molecule has 0 aliphatic heterocycles. The maximum Gasteiger partial charge on any atom is 0.255 e. The number of anilines is 1. The molecular formula is C17H14N2O3. The van der Waals surface area contributed by atoms with Crippen molar-refractivity contribution in [3.05, 3.63) is 59.5 Å². The van der Waals surface area contributed by atoms with E-state index < -0.39 is 0 Å². The molecule has 2 aromatic carbocycles. The van der Waals surface area contributed by atoms with Gasteiger partial charge < -0.3 is 9.73 Å². The summed E-state index contributed by atoms with van der Waals surface area (Å²) in [5.74, 6) is 0.251. The Labute approximate surface area is 127 Å². The third-order valence-electron chi connectivity index (χ3n) is 3.28. The van der Waals surface area contributed by atoms with Crippen molar-refractivity contribution in [2.75, 3.05) is 5.32 Å². The number of oxazole rings is 1. The van der Waals surface area contributed by atoms with Gasteiger partial charge in [0.15, 0.2) is 17.3 Å². The van der Waals surface area contributed by atoms with Crippen LogP contribution in [0.3, 0.4) is 0 Å². The van der Waals surface area contributed by atoms with Crippen molar-refractivity contribution in [3.63, 3.8) is 0 Å². The highest BCUT2D eigenvalue weighted by molar-refractivity contribution is 6.06. The van der Waals surface area contributed by atoms with E-state index in [1.54, 1.807) is 49.4 Å². The van der Waals surface area contributed by atoms with Gasteiger partial charge in [0.1, 0.15) is 5.52 Å². The van der Waals surface area contributed by atoms with Crippen LogP contribution in [0, 0.1) is 6.92 Å². The molecule has 0 bridgehead atoms. The van der Waals surface area contributed by atoms with Crippen molar-refractivity contribution in [1.82, 2.24) is 4.98 Å². The number of carbonyl (C=O) groups is 2. The Hall–Kier alpha value is -2.95. The van der Waals surface area contributed by atoms with Crippen LogP contribution in [-0.4, -0.2) is 16.7 Å². The van der Waals surface area contributed by atoms with Crippen molar-refractivity contribution in [3.8, 4) is 0 Å². The molecule has 0 radical (unpaired) electrons. The van der Waals surface area contributed by atoms with Crippen LogP contribution >= 0.6 is 0 Å². The molecular weight excluding hydrogens is 280 g/mol. The number of aryl methyl sites for hydroxylation is 1. The summed E-state index contributed by atoms with van der Waals surface area (Å²) < 4.78 is 5.38. The van der Waals surface area contributed by atoms with Crippen LogP contribution in [-0.2, 0) is 0 Å². The van der Waals surface area contributed by atoms with E-state index in [2.05, 4.69) is 10.3 Å². The number of carbonyl (C=O) groups excluding carboxylic acids is 2. The molecule has 1 heterocycles. The third-order valence-corrected chi connectivity index (χ3v) is 3.28. The van der Waals surface area contributed by atoms with E-state index in [9.17, 15) is 9.59 Å². The highest BCUT2D eigenvalue weighted by Gasteiger charge is 2.10. The van der Waals surface area contributed by atoms with Gasteiger partial charge in [0.2, 0.25) is 0 Å². The third kappa shape index (κ3) is 2.74. The molecule has 0 saturated carbocycles. The molecule has 0 unspecified atom stereocenters. The van der Waals surface area contributed by atoms with Gasteiger partial charge in [-0.1, -0.05) is 12.1 Å². The Morgan fingerprint density at radius 1 is 1.09 bits per heavy atom. The fourth-order valence-electron chi connectivity index (χ4n) is 2.20. The lowest BCUT2D eigenvalue weighted by molar-refractivity contribution is 0.101. The maximum absolute atomic E-state index is 12.3. The lowest BCUT2D eigenvalue weighted by Gasteiger charge is -2.06. The Bertz CT molecular complexity index is 880. The molecule has 3 rings (SSSR count). The van der Waals surface area contributed by atoms with E-state index in [4.69, 9.17) is 4.42 Å². The fraction of sp³-hybridized carbons (Fsp3) is 0.118. The summed E-state index contributed by atoms with van der Waals surface area (Å²) in [5.41, 5.74) is 2.90. The minimum absolute atomic E-state index is 0.0457. The summed E-state index contributed by atoms with van der Waals surface area (Å²) in [6, 6.07) is 11.9. The highest BCUT2D eigenvalue weighted by atomic mass is 16.3. The number of rotatable bonds is 3. The number of aromatic nitrogens is 1. The van der Waals surface area contributed by atoms with Crippen LogP contribution in [0.15, 0.2) is 46.9 Å². The minimum atomic E-state index is -0.261. The van der Waals surface area contributed by atoms with Crippen LogP contribution < -0.4 is 5.32 Å². The van der Waals surface area contributed by atoms with Crippen molar-refractivity contribution >= 4 is 28.5 Å². The van der Waals surface area contributed by atoms with Crippen LogP contribution in [0.1, 0.15) is 33.5 Å². The number of fused-ring (bicyclic) bond motifs is 1. The summed E-state index contributed by atoms with van der Waals surface area (Å²) in [5, 5.41) is 2.78. The van der Waals surface area contributed by atoms with Crippen LogP contribution in [0.5, 0.6) is 0 Å². The lowest BCUT2D eigenvalue weighted by Crippen LogP contribution is -2.12. The van der Waals surface area contributed by atoms with Gasteiger partial charge >= 0.3 is 0 Å². The summed E-state index contributed by atoms with van der Waals surface area (Å²) in [6.45, 7) is 3.24. The summed E-state index contributed by atoms with van der Waals surface area (Å²) in [7, 11) is 0. The van der Waals surface area contributed by atoms with Crippen LogP contribution in [0.4, 0.5) is 5.69 Å². The van der Waals surface area contributed by atoms with Crippen molar-refractivity contribution in [1.29, 1.82) is 0 Å². The molecule has 5 nitrogen and oxygen atoms in total. The predicted molar refractivity (Wildman–Crippen MR) is 83.1 cm³/mol. The highest BCUT2D eigenvalue weighted by Crippen LogP contribution is 2.18. The summed E-state index contributed by atoms with van der Waals surface area (Å²) in [4.78, 5) is 27.9. The second-order valence-corrected chi connectivity index (χ2v) is 5.01. The Morgan fingerprint density at radius 3 is 2.68 bits per heavy atom. The average molecular weight is 294 g/mol. The fourth-order valence-corrected chi connectivity index (χ4v) is 2.20. The molecule has 110 valence electrons. The van der Waals surface area contributed by atoms with Crippen molar-refractivity contribution in [2.45, 2.75) is 13.8 Å². The van der Waals surface area contributed by atoms with E-state index in [-0.39, 0.29) is 11.7 Å². The van der Waals surface area contributed by atoms with Gasteiger partial charge in [-0.05, 0) is 37.3 Å². The quantitative estimate of drug-likeness (QED) is 0.749. The molecule has 0 atom stereocenters. The van der Waals surface area contributed by atoms with Gasteiger partial charge in [-0.25, -0.2) is 4.98 Å². The molecule has 5 heteroatoms. The topological polar surface area (TPSA) is 72.2 Å². The number of nitrogens with one attached hydrogen (secondary N) is 1. The number of nitrogens with zero attached hydrogens (tertiary/aromatic N) is 1. The smallest absolute Gasteiger partial charge is 0.255 e. The molecule has 0 spiro atoms. The maximum atomic E-state index is 12.3. The van der Waals surface area contributed by atoms with Crippen LogP contribution in [0.2, 0.25) is 0 Å². The van der Waals surface area contributed by atoms with E-state index in [1.165, 1.54) is 6.92 Å². The van der Waals surface area contributed by atoms with E-state index in [1.807, 2.05) is 0 Å². The lowest BCUT2D eigenvalue weighted by atomic mass is 10.1. The number of Topliss-reactive ketones (excluding diaryl/α,β-unsaturated/α-hetero) is 1. The Morgan fingerprint density at radius 2 is 1.91 bits per heavy atom. The van der Waals surface area contributed by atoms with E-state index >= 15 is 0 Å². The standard InChI is InChI=1S/C17H14N2O3/c1-10(20)12-4-3-5-14(8-12)19-17(21)13-6-7-16-15(9-13)18-11(2)22-16/h3-9H,1-2H3,(H,19,21). The average Bonchev–Trinajstić information content (AvgIpc) is 2.86. The van der Waals surface area contributed by atoms with Crippen molar-refractivity contribution in [2.24, 2.45) is 0 Å². The molecule has 0 aliphatic rings. The summed E-state index contributed by atoms with van der Waals surface area (Å²) in [6.07, 6.45) is 0. The zero-order chi connectivity index (χ0) is 15.7. The van der Waals surface area contributed by atoms with Gasteiger partial charge in [-0.15, -0.1) is 0 Å². The van der Waals surface area contributed by atoms with Gasteiger partial charge in [0, 0.05) is 23.7 Å². The molecule has 0 fully saturated rings. The van der Waals surface area contributed by atoms with E-state index in [0.29, 0.717) is 33.8 Å². The molecule has 0 aliphatic carbocycles. The monoisotopic (exact) mass is 294 g/mol. The predicted octanol–water partition coefficient (Wildman–Crippen LogP) is 3.59. The minimum Gasteiger partial charge on any atom is -0.441 e. The largest absolute Gasteiger partial charge is 0.441 e. The first-order chi connectivity index (χ1) is 10.5. The van der Waals surface area contributed by atoms with Gasteiger partial charge in [-0.2, -0.15) is 0 Å². The SMILES string of the molecule is CC(=O)c1cccc(NC(=O)c2ccc3oc(C)nc3c2)c1. The number of hydrogen-bond donors (Lipinski definition) is 1. The van der Waals surface area contributed by atoms with Crippen molar-refractivity contribution < 1.29 is 14.0 Å². The second-order valence-electron chi connectivity index (χ2n) is 5.01. The zero-order valence-electron chi connectivity index (χ0n) is 12.2. The first-order valence-corrected chi connectivity index (χ1v) is 6.82. The Kier molecular flexibility index (Phi) is 3.47. The molecule has 1 aromatic heterocycles. The number of hydrogen-bond acceptors (Lipinski definition) is 4. The number of ketones is 1. The molecule has 0 saturated heterocycles. The first kappa shape index (κ1) is 14.0. The normalized spacial score (nSPS) is 10.6. The molecule has 22 heavy (non-hydrogen) atoms. The van der Waals surface area contributed by atoms with Gasteiger partial charge in [0.05, 0.1) is 0 Å². The molecule has 1 amide bonds. The second kappa shape index (κ2) is 5.44. The summed E-state index contributed by atoms with van der Waals surface area (Å²) >= 11 is 0. The number of amides is 1. The molecule has 1 N–H and O–H groups in total. The van der Waals surface area contributed by atoms with Gasteiger partial charge in [0.25, 0.3) is 5.91 Å². The van der Waals surface area contributed by atoms with E-state index in [0.717, 1.165) is 0 Å².